The Morgan fingerprint density at radius 3 is 2.82 bits per heavy atom. The first-order chi connectivity index (χ1) is 8.16. The van der Waals surface area contributed by atoms with Crippen LogP contribution >= 0.6 is 11.3 Å². The van der Waals surface area contributed by atoms with Gasteiger partial charge in [0.1, 0.15) is 11.3 Å². The van der Waals surface area contributed by atoms with E-state index in [1.807, 2.05) is 0 Å². The number of hydrogen-bond acceptors (Lipinski definition) is 6. The first kappa shape index (κ1) is 11.2. The highest BCUT2D eigenvalue weighted by molar-refractivity contribution is 7.13. The van der Waals surface area contributed by atoms with Crippen molar-refractivity contribution in [3.8, 4) is 5.75 Å². The first-order valence-electron chi connectivity index (χ1n) is 4.54. The lowest BCUT2D eigenvalue weighted by Gasteiger charge is -1.99. The van der Waals surface area contributed by atoms with Gasteiger partial charge in [-0.2, -0.15) is 0 Å². The Labute approximate surface area is 99.9 Å². The van der Waals surface area contributed by atoms with Crippen LogP contribution in [0.2, 0.25) is 0 Å². The molecule has 1 aromatic heterocycles. The van der Waals surface area contributed by atoms with Crippen molar-refractivity contribution >= 4 is 28.1 Å². The van der Waals surface area contributed by atoms with E-state index in [2.05, 4.69) is 15.2 Å². The number of rotatable bonds is 3. The van der Waals surface area contributed by atoms with Crippen molar-refractivity contribution in [3.05, 3.63) is 35.3 Å². The number of carbonyl (C=O) groups is 1. The Morgan fingerprint density at radius 1 is 1.35 bits per heavy atom. The van der Waals surface area contributed by atoms with E-state index in [9.17, 15) is 9.90 Å². The van der Waals surface area contributed by atoms with E-state index < -0.39 is 5.97 Å². The van der Waals surface area contributed by atoms with Gasteiger partial charge in [0.15, 0.2) is 0 Å². The molecule has 0 unspecified atom stereocenters. The molecule has 0 fully saturated rings. The largest absolute Gasteiger partial charge is 0.507 e. The zero-order chi connectivity index (χ0) is 12.3. The molecule has 0 aliphatic heterocycles. The predicted octanol–water partition coefficient (Wildman–Crippen LogP) is 2.96. The van der Waals surface area contributed by atoms with Gasteiger partial charge in [-0.25, -0.2) is 9.78 Å². The molecule has 2 N–H and O–H groups in total. The maximum Gasteiger partial charge on any atom is 0.339 e. The van der Waals surface area contributed by atoms with Crippen LogP contribution < -0.4 is 0 Å². The SMILES string of the molecule is O=C(O)c1cc(N=Nc2nccs2)ccc1O. The number of azo groups is 1. The molecule has 0 aliphatic rings. The van der Waals surface area contributed by atoms with E-state index in [1.54, 1.807) is 11.6 Å². The molecule has 7 heteroatoms. The fourth-order valence-electron chi connectivity index (χ4n) is 1.12. The summed E-state index contributed by atoms with van der Waals surface area (Å²) in [4.78, 5) is 14.7. The molecule has 2 rings (SSSR count). The molecule has 2 aromatic rings. The van der Waals surface area contributed by atoms with Crippen molar-refractivity contribution in [3.63, 3.8) is 0 Å². The third-order valence-corrected chi connectivity index (χ3v) is 2.54. The molecule has 86 valence electrons. The summed E-state index contributed by atoms with van der Waals surface area (Å²) < 4.78 is 0. The van der Waals surface area contributed by atoms with Crippen molar-refractivity contribution in [1.82, 2.24) is 4.98 Å². The maximum atomic E-state index is 10.8. The van der Waals surface area contributed by atoms with Crippen LogP contribution in [0.4, 0.5) is 10.8 Å². The molecule has 17 heavy (non-hydrogen) atoms. The number of hydrogen-bond donors (Lipinski definition) is 2. The number of aromatic carboxylic acids is 1. The van der Waals surface area contributed by atoms with Gasteiger partial charge in [0, 0.05) is 11.6 Å². The molecule has 0 radical (unpaired) electrons. The van der Waals surface area contributed by atoms with Crippen LogP contribution in [0.3, 0.4) is 0 Å². The highest BCUT2D eigenvalue weighted by Crippen LogP contribution is 2.25. The second-order valence-corrected chi connectivity index (χ2v) is 3.89. The molecule has 0 amide bonds. The number of carboxylic acid groups (broad SMARTS) is 1. The second-order valence-electron chi connectivity index (χ2n) is 3.02. The van der Waals surface area contributed by atoms with Crippen molar-refractivity contribution in [2.24, 2.45) is 10.2 Å². The molecule has 0 atom stereocenters. The van der Waals surface area contributed by atoms with Gasteiger partial charge in [-0.3, -0.25) is 0 Å². The number of aromatic hydroxyl groups is 1. The zero-order valence-corrected chi connectivity index (χ0v) is 9.26. The summed E-state index contributed by atoms with van der Waals surface area (Å²) in [5.74, 6) is -1.51. The highest BCUT2D eigenvalue weighted by atomic mass is 32.1. The van der Waals surface area contributed by atoms with E-state index in [-0.39, 0.29) is 11.3 Å². The normalized spacial score (nSPS) is 10.8. The van der Waals surface area contributed by atoms with E-state index >= 15 is 0 Å². The van der Waals surface area contributed by atoms with Crippen LogP contribution in [0.25, 0.3) is 0 Å². The molecule has 0 aliphatic carbocycles. The predicted molar refractivity (Wildman–Crippen MR) is 61.4 cm³/mol. The molecular weight excluding hydrogens is 242 g/mol. The van der Waals surface area contributed by atoms with Crippen LogP contribution in [-0.2, 0) is 0 Å². The second kappa shape index (κ2) is 4.71. The van der Waals surface area contributed by atoms with Crippen molar-refractivity contribution in [1.29, 1.82) is 0 Å². The first-order valence-corrected chi connectivity index (χ1v) is 5.42. The van der Waals surface area contributed by atoms with E-state index in [0.717, 1.165) is 0 Å². The van der Waals surface area contributed by atoms with Crippen molar-refractivity contribution in [2.75, 3.05) is 0 Å². The summed E-state index contributed by atoms with van der Waals surface area (Å²) in [6, 6.07) is 3.98. The average Bonchev–Trinajstić information content (AvgIpc) is 2.80. The number of carboxylic acids is 1. The quantitative estimate of drug-likeness (QED) is 0.817. The third kappa shape index (κ3) is 2.64. The summed E-state index contributed by atoms with van der Waals surface area (Å²) in [7, 11) is 0. The molecular formula is C10H7N3O3S. The van der Waals surface area contributed by atoms with Crippen molar-refractivity contribution in [2.45, 2.75) is 0 Å². The molecule has 6 nitrogen and oxygen atoms in total. The lowest BCUT2D eigenvalue weighted by molar-refractivity contribution is 0.0694. The summed E-state index contributed by atoms with van der Waals surface area (Å²) >= 11 is 1.32. The summed E-state index contributed by atoms with van der Waals surface area (Å²) in [5, 5.41) is 28.0. The van der Waals surface area contributed by atoms with Crippen LogP contribution in [0, 0.1) is 0 Å². The number of nitrogens with zero attached hydrogens (tertiary/aromatic N) is 3. The molecule has 1 aromatic carbocycles. The van der Waals surface area contributed by atoms with Gasteiger partial charge in [-0.1, -0.05) is 0 Å². The topological polar surface area (TPSA) is 95.1 Å². The number of thiazole rings is 1. The summed E-state index contributed by atoms with van der Waals surface area (Å²) in [6.45, 7) is 0. The van der Waals surface area contributed by atoms with Crippen molar-refractivity contribution < 1.29 is 15.0 Å². The van der Waals surface area contributed by atoms with Gasteiger partial charge >= 0.3 is 5.97 Å². The molecule has 0 saturated heterocycles. The minimum Gasteiger partial charge on any atom is -0.507 e. The Hall–Kier alpha value is -2.28. The summed E-state index contributed by atoms with van der Waals surface area (Å²) in [6.07, 6.45) is 1.60. The fraction of sp³-hybridized carbons (Fsp3) is 0. The molecule has 1 heterocycles. The van der Waals surface area contributed by atoms with E-state index in [4.69, 9.17) is 5.11 Å². The third-order valence-electron chi connectivity index (χ3n) is 1.88. The van der Waals surface area contributed by atoms with Crippen LogP contribution in [0.1, 0.15) is 10.4 Å². The van der Waals surface area contributed by atoms with Gasteiger partial charge in [0.05, 0.1) is 5.69 Å². The average molecular weight is 249 g/mol. The standard InChI is InChI=1S/C10H7N3O3S/c14-8-2-1-6(5-7(8)9(15)16)12-13-10-11-3-4-17-10/h1-5,14H,(H,15,16). The number of aromatic nitrogens is 1. The van der Waals surface area contributed by atoms with Gasteiger partial charge in [-0.05, 0) is 18.2 Å². The Bertz CT molecular complexity index is 566. The number of benzene rings is 1. The lowest BCUT2D eigenvalue weighted by atomic mass is 10.2. The van der Waals surface area contributed by atoms with Crippen LogP contribution in [-0.4, -0.2) is 21.2 Å². The van der Waals surface area contributed by atoms with Crippen LogP contribution in [0.15, 0.2) is 40.0 Å². The fourth-order valence-corrected chi connectivity index (χ4v) is 1.58. The maximum absolute atomic E-state index is 10.8. The minimum absolute atomic E-state index is 0.208. The molecule has 0 saturated carbocycles. The van der Waals surface area contributed by atoms with Gasteiger partial charge in [-0.15, -0.1) is 21.6 Å². The van der Waals surface area contributed by atoms with E-state index in [1.165, 1.54) is 29.5 Å². The summed E-state index contributed by atoms with van der Waals surface area (Å²) in [5.41, 5.74) is 0.135. The van der Waals surface area contributed by atoms with Crippen LogP contribution in [0.5, 0.6) is 5.75 Å². The van der Waals surface area contributed by atoms with Gasteiger partial charge in [0.2, 0.25) is 5.13 Å². The Kier molecular flexibility index (Phi) is 3.10. The Balaban J connectivity index is 2.28. The lowest BCUT2D eigenvalue weighted by Crippen LogP contribution is -1.95. The smallest absolute Gasteiger partial charge is 0.339 e. The van der Waals surface area contributed by atoms with Gasteiger partial charge in [0.25, 0.3) is 0 Å². The minimum atomic E-state index is -1.21. The van der Waals surface area contributed by atoms with Gasteiger partial charge < -0.3 is 10.2 Å². The number of phenols is 1. The zero-order valence-electron chi connectivity index (χ0n) is 8.44. The highest BCUT2D eigenvalue weighted by Gasteiger charge is 2.09. The molecule has 0 bridgehead atoms. The van der Waals surface area contributed by atoms with E-state index in [0.29, 0.717) is 10.8 Å². The monoisotopic (exact) mass is 249 g/mol. The Morgan fingerprint density at radius 2 is 2.18 bits per heavy atom. The molecule has 0 spiro atoms.